The zero-order valence-electron chi connectivity index (χ0n) is 15.8. The number of aliphatic hydroxyl groups excluding tert-OH is 1. The van der Waals surface area contributed by atoms with Crippen molar-refractivity contribution in [2.75, 3.05) is 14.2 Å². The van der Waals surface area contributed by atoms with Gasteiger partial charge in [0.2, 0.25) is 0 Å². The van der Waals surface area contributed by atoms with E-state index in [9.17, 15) is 20.1 Å². The van der Waals surface area contributed by atoms with Crippen molar-refractivity contribution in [3.05, 3.63) is 47.5 Å². The average molecular weight is 374 g/mol. The van der Waals surface area contributed by atoms with Crippen LogP contribution >= 0.6 is 0 Å². The van der Waals surface area contributed by atoms with Crippen LogP contribution in [0.15, 0.2) is 36.4 Å². The maximum Gasteiger partial charge on any atom is 0.160 e. The molecule has 0 saturated heterocycles. The smallest absolute Gasteiger partial charge is 0.160 e. The van der Waals surface area contributed by atoms with Gasteiger partial charge in [0.1, 0.15) is 5.78 Å². The molecule has 27 heavy (non-hydrogen) atoms. The van der Waals surface area contributed by atoms with E-state index < -0.39 is 6.10 Å². The average Bonchev–Trinajstić information content (AvgIpc) is 2.67. The van der Waals surface area contributed by atoms with Gasteiger partial charge >= 0.3 is 0 Å². The van der Waals surface area contributed by atoms with Crippen LogP contribution in [0.1, 0.15) is 43.2 Å². The van der Waals surface area contributed by atoms with Crippen LogP contribution in [0.5, 0.6) is 23.0 Å². The van der Waals surface area contributed by atoms with Gasteiger partial charge in [0.05, 0.1) is 20.3 Å². The number of rotatable bonds is 9. The predicted molar refractivity (Wildman–Crippen MR) is 102 cm³/mol. The number of aliphatic hydroxyl groups is 1. The molecule has 3 N–H and O–H groups in total. The highest BCUT2D eigenvalue weighted by Gasteiger charge is 2.22. The van der Waals surface area contributed by atoms with Gasteiger partial charge in [-0.05, 0) is 41.8 Å². The Morgan fingerprint density at radius 3 is 1.85 bits per heavy atom. The summed E-state index contributed by atoms with van der Waals surface area (Å²) < 4.78 is 10.4. The molecule has 0 radical (unpaired) electrons. The lowest BCUT2D eigenvalue weighted by atomic mass is 9.85. The molecule has 0 fully saturated rings. The third-order valence-corrected chi connectivity index (χ3v) is 4.58. The summed E-state index contributed by atoms with van der Waals surface area (Å²) in [6, 6.07) is 9.96. The van der Waals surface area contributed by atoms with Crippen molar-refractivity contribution in [3.63, 3.8) is 0 Å². The number of ether oxygens (including phenoxy) is 2. The molecule has 0 aliphatic rings. The SMILES string of the molecule is CCC(=O)CC(O)CC(c1ccc(O)c(OC)c1)c1ccc(O)c(OC)c1. The zero-order chi connectivity index (χ0) is 20.0. The number of hydrogen-bond donors (Lipinski definition) is 3. The summed E-state index contributed by atoms with van der Waals surface area (Å²) in [4.78, 5) is 11.7. The molecule has 0 heterocycles. The van der Waals surface area contributed by atoms with Crippen LogP contribution in [0.25, 0.3) is 0 Å². The molecule has 0 aliphatic heterocycles. The van der Waals surface area contributed by atoms with Gasteiger partial charge in [-0.1, -0.05) is 19.1 Å². The van der Waals surface area contributed by atoms with E-state index in [4.69, 9.17) is 9.47 Å². The molecular weight excluding hydrogens is 348 g/mol. The van der Waals surface area contributed by atoms with E-state index in [0.717, 1.165) is 11.1 Å². The lowest BCUT2D eigenvalue weighted by molar-refractivity contribution is -0.120. The molecule has 146 valence electrons. The Kier molecular flexibility index (Phi) is 7.07. The topological polar surface area (TPSA) is 96.2 Å². The van der Waals surface area contributed by atoms with Crippen molar-refractivity contribution >= 4 is 5.78 Å². The van der Waals surface area contributed by atoms with Crippen molar-refractivity contribution in [2.45, 2.75) is 38.2 Å². The molecule has 0 bridgehead atoms. The molecule has 0 amide bonds. The summed E-state index contributed by atoms with van der Waals surface area (Å²) in [5.41, 5.74) is 1.61. The van der Waals surface area contributed by atoms with Crippen LogP contribution in [0, 0.1) is 0 Å². The maximum absolute atomic E-state index is 11.7. The molecule has 0 aromatic heterocycles. The molecular formula is C21H26O6. The fraction of sp³-hybridized carbons (Fsp3) is 0.381. The molecule has 2 rings (SSSR count). The number of carbonyl (C=O) groups is 1. The second-order valence-electron chi connectivity index (χ2n) is 6.40. The normalized spacial score (nSPS) is 12.0. The summed E-state index contributed by atoms with van der Waals surface area (Å²) in [5, 5.41) is 30.2. The minimum absolute atomic E-state index is 0.00665. The Hall–Kier alpha value is -2.73. The van der Waals surface area contributed by atoms with Gasteiger partial charge in [-0.15, -0.1) is 0 Å². The van der Waals surface area contributed by atoms with Crippen molar-refractivity contribution in [3.8, 4) is 23.0 Å². The van der Waals surface area contributed by atoms with Gasteiger partial charge in [-0.3, -0.25) is 4.79 Å². The zero-order valence-corrected chi connectivity index (χ0v) is 15.8. The fourth-order valence-electron chi connectivity index (χ4n) is 3.05. The van der Waals surface area contributed by atoms with Gasteiger partial charge < -0.3 is 24.8 Å². The first-order chi connectivity index (χ1) is 12.9. The second-order valence-corrected chi connectivity index (χ2v) is 6.40. The lowest BCUT2D eigenvalue weighted by Gasteiger charge is -2.22. The van der Waals surface area contributed by atoms with Crippen molar-refractivity contribution in [2.24, 2.45) is 0 Å². The maximum atomic E-state index is 11.7. The Balaban J connectivity index is 2.43. The van der Waals surface area contributed by atoms with E-state index in [1.807, 2.05) is 0 Å². The highest BCUT2D eigenvalue weighted by atomic mass is 16.5. The van der Waals surface area contributed by atoms with E-state index in [2.05, 4.69) is 0 Å². The third-order valence-electron chi connectivity index (χ3n) is 4.58. The number of Topliss-reactive ketones (excluding diaryl/α,β-unsaturated/α-hetero) is 1. The number of ketones is 1. The van der Waals surface area contributed by atoms with Crippen molar-refractivity contribution < 1.29 is 29.6 Å². The van der Waals surface area contributed by atoms with E-state index >= 15 is 0 Å². The van der Waals surface area contributed by atoms with Gasteiger partial charge in [-0.2, -0.15) is 0 Å². The minimum Gasteiger partial charge on any atom is -0.504 e. The Bertz CT molecular complexity index is 733. The van der Waals surface area contributed by atoms with Gasteiger partial charge in [0.25, 0.3) is 0 Å². The number of phenolic OH excluding ortho intramolecular Hbond substituents is 2. The van der Waals surface area contributed by atoms with Crippen molar-refractivity contribution in [1.29, 1.82) is 0 Å². The van der Waals surface area contributed by atoms with Gasteiger partial charge in [0.15, 0.2) is 23.0 Å². The summed E-state index contributed by atoms with van der Waals surface area (Å²) in [7, 11) is 2.93. The molecule has 2 aromatic carbocycles. The number of methoxy groups -OCH3 is 2. The van der Waals surface area contributed by atoms with E-state index in [-0.39, 0.29) is 29.6 Å². The molecule has 0 aliphatic carbocycles. The van der Waals surface area contributed by atoms with E-state index in [1.54, 1.807) is 31.2 Å². The number of phenols is 2. The van der Waals surface area contributed by atoms with Crippen LogP contribution in [-0.4, -0.2) is 41.4 Å². The summed E-state index contributed by atoms with van der Waals surface area (Å²) in [6.45, 7) is 1.77. The first-order valence-electron chi connectivity index (χ1n) is 8.83. The largest absolute Gasteiger partial charge is 0.504 e. The third kappa shape index (κ3) is 5.14. The highest BCUT2D eigenvalue weighted by Crippen LogP contribution is 2.38. The monoisotopic (exact) mass is 374 g/mol. The van der Waals surface area contributed by atoms with Crippen LogP contribution in [0.2, 0.25) is 0 Å². The van der Waals surface area contributed by atoms with Crippen LogP contribution < -0.4 is 9.47 Å². The molecule has 6 heteroatoms. The van der Waals surface area contributed by atoms with E-state index in [0.29, 0.717) is 24.3 Å². The molecule has 1 unspecified atom stereocenters. The molecule has 2 aromatic rings. The molecule has 0 saturated carbocycles. The van der Waals surface area contributed by atoms with Crippen LogP contribution in [0.4, 0.5) is 0 Å². The Labute approximate surface area is 159 Å². The number of aromatic hydroxyl groups is 2. The number of carbonyl (C=O) groups excluding carboxylic acids is 1. The first kappa shape index (κ1) is 20.6. The quantitative estimate of drug-likeness (QED) is 0.623. The summed E-state index contributed by atoms with van der Waals surface area (Å²) in [5.74, 6) is 0.390. The summed E-state index contributed by atoms with van der Waals surface area (Å²) >= 11 is 0. The molecule has 1 atom stereocenters. The van der Waals surface area contributed by atoms with Crippen LogP contribution in [0.3, 0.4) is 0 Å². The van der Waals surface area contributed by atoms with Gasteiger partial charge in [-0.25, -0.2) is 0 Å². The minimum atomic E-state index is -0.818. The second kappa shape index (κ2) is 9.28. The Morgan fingerprint density at radius 1 is 0.963 bits per heavy atom. The molecule has 0 spiro atoms. The Morgan fingerprint density at radius 2 is 1.44 bits per heavy atom. The predicted octanol–water partition coefficient (Wildman–Crippen LogP) is 3.37. The highest BCUT2D eigenvalue weighted by molar-refractivity contribution is 5.78. The van der Waals surface area contributed by atoms with E-state index in [1.165, 1.54) is 26.4 Å². The summed E-state index contributed by atoms with van der Waals surface area (Å²) in [6.07, 6.45) is -0.0608. The standard InChI is InChI=1S/C21H26O6/c1-4-15(22)11-16(23)12-17(13-5-7-18(24)20(9-13)26-2)14-6-8-19(25)21(10-14)27-3/h5-10,16-17,23-25H,4,11-12H2,1-3H3. The first-order valence-corrected chi connectivity index (χ1v) is 8.83. The number of hydrogen-bond acceptors (Lipinski definition) is 6. The lowest BCUT2D eigenvalue weighted by Crippen LogP contribution is -2.17. The van der Waals surface area contributed by atoms with Crippen LogP contribution in [-0.2, 0) is 4.79 Å². The molecule has 6 nitrogen and oxygen atoms in total. The van der Waals surface area contributed by atoms with Gasteiger partial charge in [0, 0.05) is 18.8 Å². The number of benzene rings is 2. The fourth-order valence-corrected chi connectivity index (χ4v) is 3.05. The van der Waals surface area contributed by atoms with Crippen molar-refractivity contribution in [1.82, 2.24) is 0 Å².